The molecule has 7 heteroatoms. The maximum Gasteiger partial charge on any atom is 0.279 e. The molecule has 0 aliphatic rings. The molecule has 0 rings (SSSR count). The Morgan fingerprint density at radius 2 is 1.84 bits per heavy atom. The fourth-order valence-corrected chi connectivity index (χ4v) is 2.45. The van der Waals surface area contributed by atoms with Gasteiger partial charge >= 0.3 is 0 Å². The van der Waals surface area contributed by atoms with Gasteiger partial charge in [-0.2, -0.15) is 12.7 Å². The van der Waals surface area contributed by atoms with Crippen LogP contribution in [-0.4, -0.2) is 59.2 Å². The van der Waals surface area contributed by atoms with Crippen molar-refractivity contribution in [3.63, 3.8) is 0 Å². The molecule has 0 aliphatic heterocycles. The van der Waals surface area contributed by atoms with Crippen LogP contribution < -0.4 is 10.0 Å². The van der Waals surface area contributed by atoms with Crippen molar-refractivity contribution < 1.29 is 13.2 Å². The van der Waals surface area contributed by atoms with E-state index in [1.807, 2.05) is 13.8 Å². The molecule has 0 aromatic carbocycles. The van der Waals surface area contributed by atoms with Crippen LogP contribution in [0.2, 0.25) is 0 Å². The van der Waals surface area contributed by atoms with Crippen molar-refractivity contribution in [1.82, 2.24) is 14.3 Å². The molecule has 19 heavy (non-hydrogen) atoms. The fourth-order valence-electron chi connectivity index (χ4n) is 1.46. The van der Waals surface area contributed by atoms with E-state index < -0.39 is 10.2 Å². The SMILES string of the molecule is CCCOCCCNS(=O)(=O)N(C)CCCNCC. The number of ether oxygens (including phenoxy) is 1. The molecule has 2 N–H and O–H groups in total. The summed E-state index contributed by atoms with van der Waals surface area (Å²) in [5.74, 6) is 0. The zero-order valence-electron chi connectivity index (χ0n) is 12.4. The topological polar surface area (TPSA) is 70.7 Å². The van der Waals surface area contributed by atoms with Gasteiger partial charge in [0.2, 0.25) is 0 Å². The summed E-state index contributed by atoms with van der Waals surface area (Å²) in [7, 11) is -1.74. The van der Waals surface area contributed by atoms with Gasteiger partial charge in [-0.3, -0.25) is 0 Å². The largest absolute Gasteiger partial charge is 0.381 e. The molecule has 116 valence electrons. The van der Waals surface area contributed by atoms with Crippen LogP contribution in [0.4, 0.5) is 0 Å². The average molecular weight is 295 g/mol. The summed E-state index contributed by atoms with van der Waals surface area (Å²) in [6.45, 7) is 8.09. The van der Waals surface area contributed by atoms with Crippen molar-refractivity contribution in [3.05, 3.63) is 0 Å². The third-order valence-corrected chi connectivity index (χ3v) is 4.16. The van der Waals surface area contributed by atoms with Crippen LogP contribution in [0.3, 0.4) is 0 Å². The smallest absolute Gasteiger partial charge is 0.279 e. The lowest BCUT2D eigenvalue weighted by Gasteiger charge is -2.17. The molecule has 0 bridgehead atoms. The first-order chi connectivity index (χ1) is 9.04. The standard InChI is InChI=1S/C12H29N3O3S/c1-4-11-18-12-7-9-14-19(16,17)15(3)10-6-8-13-5-2/h13-14H,4-12H2,1-3H3. The van der Waals surface area contributed by atoms with E-state index in [-0.39, 0.29) is 0 Å². The Labute approximate surface area is 118 Å². The summed E-state index contributed by atoms with van der Waals surface area (Å²) in [5.41, 5.74) is 0. The van der Waals surface area contributed by atoms with Crippen molar-refractivity contribution in [3.8, 4) is 0 Å². The molecule has 0 heterocycles. The third kappa shape index (κ3) is 10.3. The second-order valence-electron chi connectivity index (χ2n) is 4.39. The van der Waals surface area contributed by atoms with Crippen LogP contribution >= 0.6 is 0 Å². The van der Waals surface area contributed by atoms with Crippen LogP contribution in [0, 0.1) is 0 Å². The highest BCUT2D eigenvalue weighted by molar-refractivity contribution is 7.87. The lowest BCUT2D eigenvalue weighted by Crippen LogP contribution is -2.40. The van der Waals surface area contributed by atoms with E-state index in [9.17, 15) is 8.42 Å². The zero-order chi connectivity index (χ0) is 14.6. The first kappa shape index (κ1) is 18.8. The molecule has 0 aromatic heterocycles. The molecule has 0 fully saturated rings. The Bertz CT molecular complexity index is 297. The molecular weight excluding hydrogens is 266 g/mol. The van der Waals surface area contributed by atoms with Crippen LogP contribution in [-0.2, 0) is 14.9 Å². The van der Waals surface area contributed by atoms with E-state index in [0.717, 1.165) is 32.5 Å². The monoisotopic (exact) mass is 295 g/mol. The summed E-state index contributed by atoms with van der Waals surface area (Å²) in [4.78, 5) is 0. The van der Waals surface area contributed by atoms with E-state index in [1.165, 1.54) is 4.31 Å². The minimum absolute atomic E-state index is 0.420. The molecule has 0 spiro atoms. The van der Waals surface area contributed by atoms with E-state index >= 15 is 0 Å². The van der Waals surface area contributed by atoms with Gasteiger partial charge in [-0.25, -0.2) is 4.72 Å². The highest BCUT2D eigenvalue weighted by Gasteiger charge is 2.15. The predicted molar refractivity (Wildman–Crippen MR) is 78.4 cm³/mol. The van der Waals surface area contributed by atoms with Crippen LogP contribution in [0.5, 0.6) is 0 Å². The van der Waals surface area contributed by atoms with Crippen LogP contribution in [0.15, 0.2) is 0 Å². The molecule has 0 aromatic rings. The number of nitrogens with zero attached hydrogens (tertiary/aromatic N) is 1. The van der Waals surface area contributed by atoms with Crippen molar-refractivity contribution in [2.45, 2.75) is 33.1 Å². The van der Waals surface area contributed by atoms with Gasteiger partial charge in [-0.15, -0.1) is 0 Å². The lowest BCUT2D eigenvalue weighted by atomic mass is 10.4. The second kappa shape index (κ2) is 11.6. The molecule has 0 atom stereocenters. The number of hydrogen-bond acceptors (Lipinski definition) is 4. The molecule has 0 amide bonds. The quantitative estimate of drug-likeness (QED) is 0.487. The second-order valence-corrected chi connectivity index (χ2v) is 6.26. The van der Waals surface area contributed by atoms with Gasteiger partial charge in [0.25, 0.3) is 10.2 Å². The maximum atomic E-state index is 11.8. The van der Waals surface area contributed by atoms with Gasteiger partial charge in [-0.05, 0) is 32.4 Å². The third-order valence-electron chi connectivity index (χ3n) is 2.59. The van der Waals surface area contributed by atoms with Gasteiger partial charge in [-0.1, -0.05) is 13.8 Å². The van der Waals surface area contributed by atoms with Gasteiger partial charge in [0.1, 0.15) is 0 Å². The van der Waals surface area contributed by atoms with E-state index in [4.69, 9.17) is 4.74 Å². The summed E-state index contributed by atoms with van der Waals surface area (Å²) in [5, 5.41) is 3.17. The Morgan fingerprint density at radius 3 is 2.47 bits per heavy atom. The normalized spacial score (nSPS) is 12.2. The van der Waals surface area contributed by atoms with Crippen molar-refractivity contribution in [2.75, 3.05) is 46.4 Å². The molecule has 0 saturated heterocycles. The molecule has 6 nitrogen and oxygen atoms in total. The molecule has 0 aliphatic carbocycles. The number of hydrogen-bond donors (Lipinski definition) is 2. The summed E-state index contributed by atoms with van der Waals surface area (Å²) in [6.07, 6.45) is 2.50. The molecule has 0 saturated carbocycles. The van der Waals surface area contributed by atoms with Crippen molar-refractivity contribution >= 4 is 10.2 Å². The Morgan fingerprint density at radius 1 is 1.11 bits per heavy atom. The number of rotatable bonds is 13. The number of nitrogens with one attached hydrogen (secondary N) is 2. The summed E-state index contributed by atoms with van der Waals surface area (Å²) < 4.78 is 32.9. The summed E-state index contributed by atoms with van der Waals surface area (Å²) >= 11 is 0. The van der Waals surface area contributed by atoms with E-state index in [1.54, 1.807) is 7.05 Å². The zero-order valence-corrected chi connectivity index (χ0v) is 13.3. The van der Waals surface area contributed by atoms with Crippen LogP contribution in [0.1, 0.15) is 33.1 Å². The maximum absolute atomic E-state index is 11.8. The first-order valence-corrected chi connectivity index (χ1v) is 8.48. The molecular formula is C12H29N3O3S. The van der Waals surface area contributed by atoms with E-state index in [2.05, 4.69) is 10.0 Å². The Hall–Kier alpha value is -0.210. The predicted octanol–water partition coefficient (Wildman–Crippen LogP) is 0.569. The van der Waals surface area contributed by atoms with Crippen LogP contribution in [0.25, 0.3) is 0 Å². The van der Waals surface area contributed by atoms with Gasteiger partial charge in [0, 0.05) is 33.4 Å². The van der Waals surface area contributed by atoms with Crippen molar-refractivity contribution in [1.29, 1.82) is 0 Å². The van der Waals surface area contributed by atoms with Gasteiger partial charge in [0.15, 0.2) is 0 Å². The first-order valence-electron chi connectivity index (χ1n) is 7.04. The minimum atomic E-state index is -3.34. The Balaban J connectivity index is 3.71. The molecule has 0 unspecified atom stereocenters. The van der Waals surface area contributed by atoms with Gasteiger partial charge < -0.3 is 10.1 Å². The molecule has 0 radical (unpaired) electrons. The Kier molecular flexibility index (Phi) is 11.5. The fraction of sp³-hybridized carbons (Fsp3) is 1.00. The summed E-state index contributed by atoms with van der Waals surface area (Å²) in [6, 6.07) is 0. The average Bonchev–Trinajstić information content (AvgIpc) is 2.38. The highest BCUT2D eigenvalue weighted by atomic mass is 32.2. The van der Waals surface area contributed by atoms with Crippen molar-refractivity contribution in [2.24, 2.45) is 0 Å². The van der Waals surface area contributed by atoms with E-state index in [0.29, 0.717) is 26.1 Å². The minimum Gasteiger partial charge on any atom is -0.381 e. The highest BCUT2D eigenvalue weighted by Crippen LogP contribution is 1.96. The lowest BCUT2D eigenvalue weighted by molar-refractivity contribution is 0.133. The van der Waals surface area contributed by atoms with Gasteiger partial charge in [0.05, 0.1) is 0 Å².